The molecule has 2 aromatic rings. The first-order valence-corrected chi connectivity index (χ1v) is 4.74. The molecule has 0 atom stereocenters. The zero-order chi connectivity index (χ0) is 8.55. The number of halogens is 2. The molecule has 0 amide bonds. The number of hydrogen-bond acceptors (Lipinski definition) is 3. The van der Waals surface area contributed by atoms with Crippen LogP contribution in [0.1, 0.15) is 10.5 Å². The summed E-state index contributed by atoms with van der Waals surface area (Å²) in [5.41, 5.74) is 0.557. The minimum absolute atomic E-state index is 0. The monoisotopic (exact) mass is 236 g/mol. The van der Waals surface area contributed by atoms with Crippen molar-refractivity contribution in [1.82, 2.24) is 9.38 Å². The molecule has 6 heteroatoms. The molecule has 0 aliphatic heterocycles. The lowest BCUT2D eigenvalue weighted by atomic mass is 10.3. The van der Waals surface area contributed by atoms with Crippen molar-refractivity contribution < 1.29 is 4.79 Å². The van der Waals surface area contributed by atoms with E-state index in [9.17, 15) is 4.79 Å². The zero-order valence-electron chi connectivity index (χ0n) is 6.44. The van der Waals surface area contributed by atoms with E-state index in [-0.39, 0.29) is 24.1 Å². The molecular formula is C7H6Cl2N2OS. The third kappa shape index (κ3) is 1.70. The van der Waals surface area contributed by atoms with Crippen LogP contribution in [0.5, 0.6) is 0 Å². The molecule has 0 bridgehead atoms. The minimum Gasteiger partial charge on any atom is -0.291 e. The molecule has 0 saturated heterocycles. The molecule has 3 nitrogen and oxygen atoms in total. The van der Waals surface area contributed by atoms with Gasteiger partial charge in [0, 0.05) is 11.6 Å². The number of thiazole rings is 1. The standard InChI is InChI=1S/C7H5ClN2OS.ClH/c8-3-6(11)5-4-9-7-10(5)1-2-12-7;/h1-2,4H,3H2;1H. The van der Waals surface area contributed by atoms with Crippen LogP contribution in [-0.4, -0.2) is 21.0 Å². The topological polar surface area (TPSA) is 34.4 Å². The molecule has 2 heterocycles. The van der Waals surface area contributed by atoms with Gasteiger partial charge in [0.1, 0.15) is 5.69 Å². The fourth-order valence-electron chi connectivity index (χ4n) is 1.00. The Morgan fingerprint density at radius 1 is 1.69 bits per heavy atom. The van der Waals surface area contributed by atoms with Crippen LogP contribution in [-0.2, 0) is 0 Å². The van der Waals surface area contributed by atoms with E-state index in [1.54, 1.807) is 10.6 Å². The number of imidazole rings is 1. The Kier molecular flexibility index (Phi) is 3.30. The number of carbonyl (C=O) groups excluding carboxylic acids is 1. The Morgan fingerprint density at radius 3 is 3.15 bits per heavy atom. The molecule has 0 radical (unpaired) electrons. The SMILES string of the molecule is Cl.O=C(CCl)c1cnc2sccn12. The highest BCUT2D eigenvalue weighted by Crippen LogP contribution is 2.13. The maximum atomic E-state index is 11.2. The smallest absolute Gasteiger partial charge is 0.195 e. The summed E-state index contributed by atoms with van der Waals surface area (Å²) in [7, 11) is 0. The molecule has 0 saturated carbocycles. The van der Waals surface area contributed by atoms with E-state index in [1.807, 2.05) is 11.6 Å². The van der Waals surface area contributed by atoms with Gasteiger partial charge in [-0.15, -0.1) is 35.3 Å². The Balaban J connectivity index is 0.000000845. The van der Waals surface area contributed by atoms with E-state index >= 15 is 0 Å². The summed E-state index contributed by atoms with van der Waals surface area (Å²) in [5.74, 6) is -0.0912. The lowest BCUT2D eigenvalue weighted by molar-refractivity contribution is 0.101. The number of carbonyl (C=O) groups is 1. The summed E-state index contributed by atoms with van der Waals surface area (Å²) in [6, 6.07) is 0. The minimum atomic E-state index is -0.0948. The third-order valence-corrected chi connectivity index (χ3v) is 2.57. The van der Waals surface area contributed by atoms with Gasteiger partial charge in [-0.05, 0) is 0 Å². The van der Waals surface area contributed by atoms with Crippen LogP contribution in [0.4, 0.5) is 0 Å². The average Bonchev–Trinajstić information content (AvgIpc) is 2.62. The van der Waals surface area contributed by atoms with E-state index in [2.05, 4.69) is 4.98 Å². The van der Waals surface area contributed by atoms with Crippen molar-refractivity contribution in [2.24, 2.45) is 0 Å². The number of hydrogen-bond donors (Lipinski definition) is 0. The Labute approximate surface area is 89.8 Å². The van der Waals surface area contributed by atoms with Crippen molar-refractivity contribution in [2.45, 2.75) is 0 Å². The van der Waals surface area contributed by atoms with Crippen molar-refractivity contribution in [1.29, 1.82) is 0 Å². The summed E-state index contributed by atoms with van der Waals surface area (Å²) in [5, 5.41) is 1.88. The van der Waals surface area contributed by atoms with Gasteiger partial charge in [-0.1, -0.05) is 0 Å². The number of ketones is 1. The molecule has 70 valence electrons. The van der Waals surface area contributed by atoms with Crippen LogP contribution in [0, 0.1) is 0 Å². The first kappa shape index (κ1) is 10.5. The summed E-state index contributed by atoms with van der Waals surface area (Å²) in [6.07, 6.45) is 3.36. The van der Waals surface area contributed by atoms with Crippen molar-refractivity contribution in [3.05, 3.63) is 23.5 Å². The van der Waals surface area contributed by atoms with E-state index < -0.39 is 0 Å². The molecule has 0 aliphatic rings. The third-order valence-electron chi connectivity index (χ3n) is 1.55. The molecule has 0 fully saturated rings. The van der Waals surface area contributed by atoms with Crippen LogP contribution in [0.2, 0.25) is 0 Å². The first-order valence-electron chi connectivity index (χ1n) is 3.32. The van der Waals surface area contributed by atoms with Gasteiger partial charge < -0.3 is 0 Å². The molecule has 0 N–H and O–H groups in total. The molecule has 0 aliphatic carbocycles. The Bertz CT molecular complexity index is 423. The van der Waals surface area contributed by atoms with Gasteiger partial charge >= 0.3 is 0 Å². The van der Waals surface area contributed by atoms with Crippen LogP contribution < -0.4 is 0 Å². The van der Waals surface area contributed by atoms with Crippen LogP contribution in [0.25, 0.3) is 4.96 Å². The highest BCUT2D eigenvalue weighted by Gasteiger charge is 2.10. The lowest BCUT2D eigenvalue weighted by Crippen LogP contribution is -2.02. The molecule has 0 unspecified atom stereocenters. The summed E-state index contributed by atoms with van der Waals surface area (Å²) in [4.78, 5) is 16.1. The van der Waals surface area contributed by atoms with Gasteiger partial charge in [-0.25, -0.2) is 4.98 Å². The van der Waals surface area contributed by atoms with Gasteiger partial charge in [-0.3, -0.25) is 9.20 Å². The lowest BCUT2D eigenvalue weighted by Gasteiger charge is -1.91. The Hall–Kier alpha value is -0.580. The number of fused-ring (bicyclic) bond motifs is 1. The van der Waals surface area contributed by atoms with E-state index in [4.69, 9.17) is 11.6 Å². The normalized spacial score (nSPS) is 9.92. The maximum Gasteiger partial charge on any atom is 0.195 e. The number of rotatable bonds is 2. The number of Topliss-reactive ketones (excluding diaryl/α,β-unsaturated/α-hetero) is 1. The van der Waals surface area contributed by atoms with Crippen molar-refractivity contribution in [3.63, 3.8) is 0 Å². The fourth-order valence-corrected chi connectivity index (χ4v) is 1.83. The van der Waals surface area contributed by atoms with Crippen LogP contribution >= 0.6 is 35.3 Å². The van der Waals surface area contributed by atoms with Gasteiger partial charge in [-0.2, -0.15) is 0 Å². The second-order valence-electron chi connectivity index (χ2n) is 2.26. The predicted molar refractivity (Wildman–Crippen MR) is 55.4 cm³/mol. The quantitative estimate of drug-likeness (QED) is 0.593. The maximum absolute atomic E-state index is 11.2. The molecular weight excluding hydrogens is 231 g/mol. The molecule has 0 spiro atoms. The summed E-state index contributed by atoms with van der Waals surface area (Å²) >= 11 is 6.92. The van der Waals surface area contributed by atoms with Crippen molar-refractivity contribution >= 4 is 46.1 Å². The summed E-state index contributed by atoms with van der Waals surface area (Å²) < 4.78 is 1.75. The Morgan fingerprint density at radius 2 is 2.46 bits per heavy atom. The van der Waals surface area contributed by atoms with Gasteiger partial charge in [0.15, 0.2) is 10.7 Å². The van der Waals surface area contributed by atoms with Crippen molar-refractivity contribution in [3.8, 4) is 0 Å². The van der Waals surface area contributed by atoms with E-state index in [1.165, 1.54) is 11.3 Å². The number of nitrogens with zero attached hydrogens (tertiary/aromatic N) is 2. The van der Waals surface area contributed by atoms with Crippen molar-refractivity contribution in [2.75, 3.05) is 5.88 Å². The first-order chi connectivity index (χ1) is 5.83. The predicted octanol–water partition coefficient (Wildman–Crippen LogP) is 2.24. The largest absolute Gasteiger partial charge is 0.291 e. The molecule has 0 aromatic carbocycles. The molecule has 2 rings (SSSR count). The highest BCUT2D eigenvalue weighted by atomic mass is 35.5. The van der Waals surface area contributed by atoms with Gasteiger partial charge in [0.2, 0.25) is 0 Å². The van der Waals surface area contributed by atoms with Crippen LogP contribution in [0.15, 0.2) is 17.8 Å². The van der Waals surface area contributed by atoms with E-state index in [0.717, 1.165) is 4.96 Å². The second kappa shape index (κ2) is 4.09. The highest BCUT2D eigenvalue weighted by molar-refractivity contribution is 7.15. The zero-order valence-corrected chi connectivity index (χ0v) is 8.83. The van der Waals surface area contributed by atoms with E-state index in [0.29, 0.717) is 5.69 Å². The van der Waals surface area contributed by atoms with Gasteiger partial charge in [0.25, 0.3) is 0 Å². The average molecular weight is 237 g/mol. The molecule has 13 heavy (non-hydrogen) atoms. The van der Waals surface area contributed by atoms with Gasteiger partial charge in [0.05, 0.1) is 12.1 Å². The molecule has 2 aromatic heterocycles. The second-order valence-corrected chi connectivity index (χ2v) is 3.40. The van der Waals surface area contributed by atoms with Crippen LogP contribution in [0.3, 0.4) is 0 Å². The number of aromatic nitrogens is 2. The number of alkyl halides is 1. The fraction of sp³-hybridized carbons (Fsp3) is 0.143. The summed E-state index contributed by atoms with van der Waals surface area (Å²) in [6.45, 7) is 0.